The molecule has 2 heterocycles. The van der Waals surface area contributed by atoms with Crippen molar-refractivity contribution in [3.8, 4) is 0 Å². The molecule has 2 atom stereocenters. The SMILES string of the molecule is O=C(C[C@]1(c2ccccc2F)CC(=O)N(C2CCCC2)C1=O)N1CC[C@H](c2ccccc2F)C1. The summed E-state index contributed by atoms with van der Waals surface area (Å²) in [4.78, 5) is 43.2. The van der Waals surface area contributed by atoms with Crippen molar-refractivity contribution >= 4 is 17.7 Å². The zero-order valence-corrected chi connectivity index (χ0v) is 19.0. The molecule has 178 valence electrons. The molecule has 0 aromatic heterocycles. The van der Waals surface area contributed by atoms with E-state index in [1.54, 1.807) is 29.2 Å². The second kappa shape index (κ2) is 8.93. The van der Waals surface area contributed by atoms with Crippen LogP contribution in [0.4, 0.5) is 8.78 Å². The van der Waals surface area contributed by atoms with Crippen LogP contribution in [0, 0.1) is 11.6 Å². The highest BCUT2D eigenvalue weighted by atomic mass is 19.1. The first-order valence-corrected chi connectivity index (χ1v) is 12.0. The van der Waals surface area contributed by atoms with Crippen molar-refractivity contribution in [2.75, 3.05) is 13.1 Å². The summed E-state index contributed by atoms with van der Waals surface area (Å²) in [6, 6.07) is 12.3. The van der Waals surface area contributed by atoms with E-state index in [-0.39, 0.29) is 48.0 Å². The largest absolute Gasteiger partial charge is 0.342 e. The Balaban J connectivity index is 1.43. The van der Waals surface area contributed by atoms with Gasteiger partial charge in [-0.1, -0.05) is 49.2 Å². The topological polar surface area (TPSA) is 57.7 Å². The lowest BCUT2D eigenvalue weighted by Crippen LogP contribution is -2.46. The minimum Gasteiger partial charge on any atom is -0.342 e. The molecule has 3 fully saturated rings. The molecule has 0 radical (unpaired) electrons. The van der Waals surface area contributed by atoms with Crippen LogP contribution in [0.5, 0.6) is 0 Å². The number of likely N-dealkylation sites (tertiary alicyclic amines) is 2. The van der Waals surface area contributed by atoms with Crippen LogP contribution in [0.15, 0.2) is 48.5 Å². The molecular formula is C27H28F2N2O3. The maximum absolute atomic E-state index is 15.0. The van der Waals surface area contributed by atoms with E-state index in [0.29, 0.717) is 25.1 Å². The Kier molecular flexibility index (Phi) is 5.96. The number of carbonyl (C=O) groups is 3. The third-order valence-electron chi connectivity index (χ3n) is 7.77. The molecule has 2 aromatic rings. The van der Waals surface area contributed by atoms with E-state index in [2.05, 4.69) is 0 Å². The Bertz CT molecular complexity index is 1130. The van der Waals surface area contributed by atoms with Crippen molar-refractivity contribution in [3.63, 3.8) is 0 Å². The lowest BCUT2D eigenvalue weighted by molar-refractivity contribution is -0.144. The monoisotopic (exact) mass is 466 g/mol. The standard InChI is InChI=1S/C27H28F2N2O3/c28-22-11-5-3-9-20(22)18-13-14-30(17-18)24(32)15-27(21-10-4-6-12-23(21)29)16-25(33)31(26(27)34)19-7-1-2-8-19/h3-6,9-12,18-19H,1-2,7-8,13-17H2/t18-,27+/m0/s1. The number of nitrogens with zero attached hydrogens (tertiary/aromatic N) is 2. The molecule has 0 unspecified atom stereocenters. The van der Waals surface area contributed by atoms with Crippen LogP contribution in [0.2, 0.25) is 0 Å². The first-order valence-electron chi connectivity index (χ1n) is 12.0. The summed E-state index contributed by atoms with van der Waals surface area (Å²) in [5.74, 6) is -2.13. The molecule has 1 saturated carbocycles. The summed E-state index contributed by atoms with van der Waals surface area (Å²) in [7, 11) is 0. The van der Waals surface area contributed by atoms with Crippen LogP contribution in [-0.4, -0.2) is 46.7 Å². The number of imide groups is 1. The maximum atomic E-state index is 15.0. The zero-order chi connectivity index (χ0) is 23.9. The molecule has 0 bridgehead atoms. The average molecular weight is 467 g/mol. The first kappa shape index (κ1) is 22.7. The predicted molar refractivity (Wildman–Crippen MR) is 122 cm³/mol. The van der Waals surface area contributed by atoms with Crippen molar-refractivity contribution in [1.29, 1.82) is 0 Å². The minimum absolute atomic E-state index is 0.104. The fourth-order valence-electron chi connectivity index (χ4n) is 6.00. The minimum atomic E-state index is -1.54. The fraction of sp³-hybridized carbons (Fsp3) is 0.444. The smallest absolute Gasteiger partial charge is 0.241 e. The first-order chi connectivity index (χ1) is 16.4. The second-order valence-electron chi connectivity index (χ2n) is 9.77. The van der Waals surface area contributed by atoms with Gasteiger partial charge in [-0.15, -0.1) is 0 Å². The van der Waals surface area contributed by atoms with Gasteiger partial charge in [-0.25, -0.2) is 8.78 Å². The van der Waals surface area contributed by atoms with E-state index in [1.807, 2.05) is 0 Å². The number of amides is 3. The molecular weight excluding hydrogens is 438 g/mol. The summed E-state index contributed by atoms with van der Waals surface area (Å²) in [5.41, 5.74) is -0.869. The Morgan fingerprint density at radius 3 is 2.32 bits per heavy atom. The number of halogens is 2. The number of hydrogen-bond acceptors (Lipinski definition) is 3. The van der Waals surface area contributed by atoms with Crippen molar-refractivity contribution in [3.05, 3.63) is 71.3 Å². The van der Waals surface area contributed by atoms with Gasteiger partial charge in [0, 0.05) is 43.5 Å². The van der Waals surface area contributed by atoms with E-state index in [4.69, 9.17) is 0 Å². The average Bonchev–Trinajstić information content (AvgIpc) is 3.56. The molecule has 2 saturated heterocycles. The second-order valence-corrected chi connectivity index (χ2v) is 9.77. The molecule has 0 N–H and O–H groups in total. The molecule has 3 amide bonds. The Morgan fingerprint density at radius 2 is 1.62 bits per heavy atom. The van der Waals surface area contributed by atoms with E-state index in [9.17, 15) is 23.2 Å². The van der Waals surface area contributed by atoms with Gasteiger partial charge in [0.05, 0.1) is 5.41 Å². The van der Waals surface area contributed by atoms with Gasteiger partial charge in [-0.05, 0) is 37.0 Å². The quantitative estimate of drug-likeness (QED) is 0.617. The Labute approximate surface area is 197 Å². The van der Waals surface area contributed by atoms with Gasteiger partial charge in [0.1, 0.15) is 11.6 Å². The van der Waals surface area contributed by atoms with Gasteiger partial charge in [0.2, 0.25) is 17.7 Å². The molecule has 5 rings (SSSR count). The normalized spacial score (nSPS) is 25.5. The molecule has 7 heteroatoms. The van der Waals surface area contributed by atoms with Gasteiger partial charge < -0.3 is 4.90 Å². The van der Waals surface area contributed by atoms with Crippen LogP contribution < -0.4 is 0 Å². The van der Waals surface area contributed by atoms with Crippen molar-refractivity contribution in [2.24, 2.45) is 0 Å². The van der Waals surface area contributed by atoms with Crippen molar-refractivity contribution < 1.29 is 23.2 Å². The van der Waals surface area contributed by atoms with Crippen LogP contribution in [0.3, 0.4) is 0 Å². The number of carbonyl (C=O) groups excluding carboxylic acids is 3. The predicted octanol–water partition coefficient (Wildman–Crippen LogP) is 4.31. The Hall–Kier alpha value is -3.09. The van der Waals surface area contributed by atoms with Gasteiger partial charge in [0.25, 0.3) is 0 Å². The summed E-state index contributed by atoms with van der Waals surface area (Å²) in [6.07, 6.45) is 3.51. The lowest BCUT2D eigenvalue weighted by Gasteiger charge is -2.31. The number of rotatable bonds is 5. The van der Waals surface area contributed by atoms with Gasteiger partial charge in [0.15, 0.2) is 0 Å². The molecule has 2 aromatic carbocycles. The van der Waals surface area contributed by atoms with E-state index in [0.717, 1.165) is 25.7 Å². The fourth-order valence-corrected chi connectivity index (χ4v) is 6.00. The molecule has 0 spiro atoms. The van der Waals surface area contributed by atoms with Crippen LogP contribution in [-0.2, 0) is 19.8 Å². The molecule has 5 nitrogen and oxygen atoms in total. The third kappa shape index (κ3) is 3.81. The van der Waals surface area contributed by atoms with E-state index < -0.39 is 17.1 Å². The van der Waals surface area contributed by atoms with E-state index in [1.165, 1.54) is 29.2 Å². The third-order valence-corrected chi connectivity index (χ3v) is 7.77. The molecule has 2 aliphatic heterocycles. The Morgan fingerprint density at radius 1 is 0.941 bits per heavy atom. The van der Waals surface area contributed by atoms with Crippen molar-refractivity contribution in [1.82, 2.24) is 9.80 Å². The molecule has 1 aliphatic carbocycles. The van der Waals surface area contributed by atoms with Crippen molar-refractivity contribution in [2.45, 2.75) is 62.3 Å². The maximum Gasteiger partial charge on any atom is 0.241 e. The van der Waals surface area contributed by atoms with Crippen LogP contribution >= 0.6 is 0 Å². The summed E-state index contributed by atoms with van der Waals surface area (Å²) in [6.45, 7) is 0.765. The highest BCUT2D eigenvalue weighted by Crippen LogP contribution is 2.44. The summed E-state index contributed by atoms with van der Waals surface area (Å²) < 4.78 is 29.3. The number of benzene rings is 2. The summed E-state index contributed by atoms with van der Waals surface area (Å²) >= 11 is 0. The highest BCUT2D eigenvalue weighted by Gasteiger charge is 2.57. The zero-order valence-electron chi connectivity index (χ0n) is 19.0. The lowest BCUT2D eigenvalue weighted by atomic mass is 9.75. The molecule has 3 aliphatic rings. The van der Waals surface area contributed by atoms with Gasteiger partial charge in [-0.3, -0.25) is 19.3 Å². The summed E-state index contributed by atoms with van der Waals surface area (Å²) in [5, 5.41) is 0. The highest BCUT2D eigenvalue weighted by molar-refractivity contribution is 6.11. The van der Waals surface area contributed by atoms with E-state index >= 15 is 0 Å². The van der Waals surface area contributed by atoms with Crippen LogP contribution in [0.1, 0.15) is 62.0 Å². The molecule has 34 heavy (non-hydrogen) atoms. The van der Waals surface area contributed by atoms with Gasteiger partial charge in [-0.2, -0.15) is 0 Å². The number of hydrogen-bond donors (Lipinski definition) is 0. The van der Waals surface area contributed by atoms with Gasteiger partial charge >= 0.3 is 0 Å². The van der Waals surface area contributed by atoms with Crippen LogP contribution in [0.25, 0.3) is 0 Å².